The molecule has 1 aliphatic carbocycles. The predicted molar refractivity (Wildman–Crippen MR) is 40.0 cm³/mol. The molecule has 0 spiro atoms. The Kier molecular flexibility index (Phi) is 1.80. The summed E-state index contributed by atoms with van der Waals surface area (Å²) >= 11 is 0. The Morgan fingerprint density at radius 1 is 1.33 bits per heavy atom. The summed E-state index contributed by atoms with van der Waals surface area (Å²) < 4.78 is 1.11. The van der Waals surface area contributed by atoms with Crippen molar-refractivity contribution in [3.05, 3.63) is 6.42 Å². The molecule has 1 atom stereocenters. The normalized spacial score (nSPS) is 23.0. The highest BCUT2D eigenvalue weighted by molar-refractivity contribution is 4.83. The van der Waals surface area contributed by atoms with Crippen LogP contribution >= 0.6 is 0 Å². The van der Waals surface area contributed by atoms with Crippen LogP contribution in [-0.2, 0) is 0 Å². The third-order valence-electron chi connectivity index (χ3n) is 2.14. The van der Waals surface area contributed by atoms with E-state index in [1.165, 1.54) is 19.3 Å². The third-order valence-corrected chi connectivity index (χ3v) is 2.14. The molecule has 0 saturated heterocycles. The van der Waals surface area contributed by atoms with E-state index in [2.05, 4.69) is 27.6 Å². The fraction of sp³-hybridized carbons (Fsp3) is 0.875. The van der Waals surface area contributed by atoms with Gasteiger partial charge in [-0.05, 0) is 19.3 Å². The summed E-state index contributed by atoms with van der Waals surface area (Å²) in [4.78, 5) is 0. The lowest BCUT2D eigenvalue weighted by molar-refractivity contribution is -0.890. The summed E-state index contributed by atoms with van der Waals surface area (Å²) in [5.41, 5.74) is 0. The molecular weight excluding hydrogens is 110 g/mol. The van der Waals surface area contributed by atoms with Crippen molar-refractivity contribution < 1.29 is 4.48 Å². The van der Waals surface area contributed by atoms with Gasteiger partial charge in [-0.3, -0.25) is 0 Å². The summed E-state index contributed by atoms with van der Waals surface area (Å²) in [7, 11) is 6.81. The highest BCUT2D eigenvalue weighted by atomic mass is 15.3. The van der Waals surface area contributed by atoms with Crippen LogP contribution in [0.5, 0.6) is 0 Å². The van der Waals surface area contributed by atoms with Crippen molar-refractivity contribution in [3.63, 3.8) is 0 Å². The molecule has 1 unspecified atom stereocenters. The SMILES string of the molecule is C[N+](C)(C)C1[CH]CCC1. The van der Waals surface area contributed by atoms with Crippen molar-refractivity contribution in [2.75, 3.05) is 21.1 Å². The molecule has 1 heteroatoms. The second-order valence-corrected chi connectivity index (χ2v) is 3.85. The van der Waals surface area contributed by atoms with Crippen LogP contribution in [0.4, 0.5) is 0 Å². The first kappa shape index (κ1) is 7.07. The summed E-state index contributed by atoms with van der Waals surface area (Å²) in [6.45, 7) is 0. The molecule has 0 aromatic rings. The van der Waals surface area contributed by atoms with Crippen LogP contribution in [-0.4, -0.2) is 31.7 Å². The zero-order valence-corrected chi connectivity index (χ0v) is 6.72. The van der Waals surface area contributed by atoms with Gasteiger partial charge in [-0.15, -0.1) is 0 Å². The zero-order chi connectivity index (χ0) is 6.91. The molecule has 0 bridgehead atoms. The number of rotatable bonds is 1. The Labute approximate surface area is 58.3 Å². The first-order valence-corrected chi connectivity index (χ1v) is 3.75. The summed E-state index contributed by atoms with van der Waals surface area (Å²) in [6, 6.07) is 0.824. The minimum Gasteiger partial charge on any atom is -0.328 e. The fourth-order valence-electron chi connectivity index (χ4n) is 1.46. The maximum Gasteiger partial charge on any atom is 0.0917 e. The van der Waals surface area contributed by atoms with Crippen LogP contribution in [0.3, 0.4) is 0 Å². The van der Waals surface area contributed by atoms with Crippen LogP contribution in [0.25, 0.3) is 0 Å². The molecule has 1 radical (unpaired) electrons. The van der Waals surface area contributed by atoms with Crippen LogP contribution in [0, 0.1) is 6.42 Å². The zero-order valence-electron chi connectivity index (χ0n) is 6.72. The van der Waals surface area contributed by atoms with Gasteiger partial charge in [0.25, 0.3) is 0 Å². The van der Waals surface area contributed by atoms with Gasteiger partial charge in [-0.2, -0.15) is 0 Å². The van der Waals surface area contributed by atoms with E-state index in [0.29, 0.717) is 0 Å². The quantitative estimate of drug-likeness (QED) is 0.468. The lowest BCUT2D eigenvalue weighted by Gasteiger charge is -2.30. The summed E-state index contributed by atoms with van der Waals surface area (Å²) in [5, 5.41) is 0. The van der Waals surface area contributed by atoms with Gasteiger partial charge in [0.1, 0.15) is 0 Å². The second-order valence-electron chi connectivity index (χ2n) is 3.85. The molecule has 1 rings (SSSR count). The van der Waals surface area contributed by atoms with Crippen LogP contribution < -0.4 is 0 Å². The van der Waals surface area contributed by atoms with E-state index in [1.54, 1.807) is 0 Å². The van der Waals surface area contributed by atoms with Gasteiger partial charge in [-0.1, -0.05) is 0 Å². The van der Waals surface area contributed by atoms with E-state index in [4.69, 9.17) is 0 Å². The molecule has 9 heavy (non-hydrogen) atoms. The average molecular weight is 127 g/mol. The second kappa shape index (κ2) is 2.30. The molecule has 0 aromatic carbocycles. The Morgan fingerprint density at radius 2 is 2.00 bits per heavy atom. The lowest BCUT2D eigenvalue weighted by Crippen LogP contribution is -2.43. The van der Waals surface area contributed by atoms with Gasteiger partial charge in [0, 0.05) is 6.42 Å². The van der Waals surface area contributed by atoms with Crippen molar-refractivity contribution in [3.8, 4) is 0 Å². The minimum atomic E-state index is 0.824. The monoisotopic (exact) mass is 127 g/mol. The molecule has 0 aromatic heterocycles. The molecule has 0 aliphatic heterocycles. The predicted octanol–water partition coefficient (Wildman–Crippen LogP) is 1.45. The smallest absolute Gasteiger partial charge is 0.0917 e. The highest BCUT2D eigenvalue weighted by Crippen LogP contribution is 2.23. The first-order valence-electron chi connectivity index (χ1n) is 3.75. The molecule has 0 amide bonds. The van der Waals surface area contributed by atoms with Gasteiger partial charge >= 0.3 is 0 Å². The molecule has 53 valence electrons. The standard InChI is InChI=1S/C8H17N/c1-9(2,3)8-6-4-5-7-8/h6,8H,4-5,7H2,1-3H3/q+1. The van der Waals surface area contributed by atoms with Gasteiger partial charge < -0.3 is 4.48 Å². The van der Waals surface area contributed by atoms with Crippen molar-refractivity contribution in [2.45, 2.75) is 25.3 Å². The molecule has 0 heterocycles. The molecular formula is C8H17N+. The maximum atomic E-state index is 2.46. The molecule has 1 nitrogen and oxygen atoms in total. The Balaban J connectivity index is 2.42. The Bertz CT molecular complexity index is 85.2. The third kappa shape index (κ3) is 1.68. The minimum absolute atomic E-state index is 0.824. The average Bonchev–Trinajstić information content (AvgIpc) is 2.08. The topological polar surface area (TPSA) is 0 Å². The van der Waals surface area contributed by atoms with E-state index in [1.807, 2.05) is 0 Å². The van der Waals surface area contributed by atoms with Gasteiger partial charge in [0.2, 0.25) is 0 Å². The number of nitrogens with zero attached hydrogens (tertiary/aromatic N) is 1. The van der Waals surface area contributed by atoms with Crippen molar-refractivity contribution in [1.29, 1.82) is 0 Å². The van der Waals surface area contributed by atoms with E-state index in [0.717, 1.165) is 10.5 Å². The first-order chi connectivity index (χ1) is 4.11. The van der Waals surface area contributed by atoms with Crippen molar-refractivity contribution in [1.82, 2.24) is 0 Å². The van der Waals surface area contributed by atoms with Gasteiger partial charge in [0.05, 0.1) is 27.2 Å². The lowest BCUT2D eigenvalue weighted by atomic mass is 10.2. The summed E-state index contributed by atoms with van der Waals surface area (Å²) in [5.74, 6) is 0. The summed E-state index contributed by atoms with van der Waals surface area (Å²) in [6.07, 6.45) is 6.59. The van der Waals surface area contributed by atoms with Crippen molar-refractivity contribution >= 4 is 0 Å². The van der Waals surface area contributed by atoms with Crippen LogP contribution in [0.2, 0.25) is 0 Å². The Morgan fingerprint density at radius 3 is 2.22 bits per heavy atom. The maximum absolute atomic E-state index is 2.46. The molecule has 0 N–H and O–H groups in total. The van der Waals surface area contributed by atoms with E-state index >= 15 is 0 Å². The van der Waals surface area contributed by atoms with Gasteiger partial charge in [-0.25, -0.2) is 0 Å². The Hall–Kier alpha value is -0.0400. The van der Waals surface area contributed by atoms with Gasteiger partial charge in [0.15, 0.2) is 0 Å². The van der Waals surface area contributed by atoms with Crippen LogP contribution in [0.15, 0.2) is 0 Å². The number of hydrogen-bond acceptors (Lipinski definition) is 0. The highest BCUT2D eigenvalue weighted by Gasteiger charge is 2.26. The largest absolute Gasteiger partial charge is 0.328 e. The number of hydrogen-bond donors (Lipinski definition) is 0. The van der Waals surface area contributed by atoms with Crippen molar-refractivity contribution in [2.24, 2.45) is 0 Å². The van der Waals surface area contributed by atoms with E-state index in [-0.39, 0.29) is 0 Å². The van der Waals surface area contributed by atoms with E-state index in [9.17, 15) is 0 Å². The molecule has 1 fully saturated rings. The van der Waals surface area contributed by atoms with Crippen LogP contribution in [0.1, 0.15) is 19.3 Å². The molecule has 1 saturated carbocycles. The number of quaternary nitrogens is 1. The fourth-order valence-corrected chi connectivity index (χ4v) is 1.46. The van der Waals surface area contributed by atoms with E-state index < -0.39 is 0 Å². The molecule has 1 aliphatic rings.